The Kier molecular flexibility index (Phi) is 3.94. The molecule has 2 rings (SSSR count). The number of nitrogens with one attached hydrogen (secondary N) is 1. The van der Waals surface area contributed by atoms with Crippen LogP contribution < -0.4 is 4.72 Å². The van der Waals surface area contributed by atoms with Gasteiger partial charge in [-0.05, 0) is 42.3 Å². The second-order valence-corrected chi connectivity index (χ2v) is 8.38. The van der Waals surface area contributed by atoms with Crippen LogP contribution in [-0.4, -0.2) is 27.2 Å². The number of rotatable bonds is 3. The van der Waals surface area contributed by atoms with Gasteiger partial charge in [-0.3, -0.25) is 0 Å². The highest BCUT2D eigenvalue weighted by molar-refractivity contribution is 9.11. The van der Waals surface area contributed by atoms with Crippen molar-refractivity contribution in [2.75, 3.05) is 6.61 Å². The Bertz CT molecular complexity index is 512. The summed E-state index contributed by atoms with van der Waals surface area (Å²) in [4.78, 5) is 1.14. The fourth-order valence-electron chi connectivity index (χ4n) is 1.85. The molecule has 0 amide bonds. The van der Waals surface area contributed by atoms with E-state index in [1.165, 1.54) is 11.3 Å². The van der Waals surface area contributed by atoms with Crippen molar-refractivity contribution in [3.8, 4) is 0 Å². The van der Waals surface area contributed by atoms with E-state index >= 15 is 0 Å². The minimum absolute atomic E-state index is 0.0628. The Hall–Kier alpha value is 0.0500. The van der Waals surface area contributed by atoms with Crippen molar-refractivity contribution in [1.82, 2.24) is 4.72 Å². The first-order chi connectivity index (χ1) is 7.90. The standard InChI is InChI=1S/C10H14BrNO3S2/c1-6-8(3-4-15-6)12-17(13,14)9-5-10(11)16-7(9)2/h5-6,8,12H,3-4H2,1-2H3. The lowest BCUT2D eigenvalue weighted by molar-refractivity contribution is 0.117. The maximum Gasteiger partial charge on any atom is 0.242 e. The number of hydrogen-bond donors (Lipinski definition) is 1. The molecule has 96 valence electrons. The lowest BCUT2D eigenvalue weighted by Crippen LogP contribution is -2.39. The van der Waals surface area contributed by atoms with Gasteiger partial charge in [0.1, 0.15) is 0 Å². The van der Waals surface area contributed by atoms with E-state index in [1.807, 2.05) is 6.92 Å². The van der Waals surface area contributed by atoms with E-state index in [4.69, 9.17) is 4.74 Å². The van der Waals surface area contributed by atoms with Crippen molar-refractivity contribution >= 4 is 37.3 Å². The molecule has 0 bridgehead atoms. The minimum Gasteiger partial charge on any atom is -0.377 e. The van der Waals surface area contributed by atoms with Crippen LogP contribution in [-0.2, 0) is 14.8 Å². The van der Waals surface area contributed by atoms with Gasteiger partial charge in [0.25, 0.3) is 0 Å². The van der Waals surface area contributed by atoms with Crippen LogP contribution in [0.15, 0.2) is 14.7 Å². The van der Waals surface area contributed by atoms with Gasteiger partial charge in [-0.1, -0.05) is 0 Å². The summed E-state index contributed by atoms with van der Waals surface area (Å²) >= 11 is 4.72. The molecule has 2 heterocycles. The van der Waals surface area contributed by atoms with Crippen LogP contribution in [0.25, 0.3) is 0 Å². The maximum absolute atomic E-state index is 12.2. The van der Waals surface area contributed by atoms with Crippen LogP contribution >= 0.6 is 27.3 Å². The van der Waals surface area contributed by atoms with Gasteiger partial charge in [-0.2, -0.15) is 0 Å². The van der Waals surface area contributed by atoms with Crippen LogP contribution in [0.4, 0.5) is 0 Å². The van der Waals surface area contributed by atoms with E-state index in [1.54, 1.807) is 13.0 Å². The summed E-state index contributed by atoms with van der Waals surface area (Å²) in [5, 5.41) is 0. The number of aryl methyl sites for hydroxylation is 1. The highest BCUT2D eigenvalue weighted by Crippen LogP contribution is 2.30. The maximum atomic E-state index is 12.2. The van der Waals surface area contributed by atoms with Gasteiger partial charge in [0.15, 0.2) is 0 Å². The Morgan fingerprint density at radius 2 is 2.29 bits per heavy atom. The highest BCUT2D eigenvalue weighted by atomic mass is 79.9. The minimum atomic E-state index is -3.44. The van der Waals surface area contributed by atoms with Crippen LogP contribution in [0.1, 0.15) is 18.2 Å². The Balaban J connectivity index is 2.22. The molecule has 0 spiro atoms. The van der Waals surface area contributed by atoms with Crippen molar-refractivity contribution < 1.29 is 13.2 Å². The van der Waals surface area contributed by atoms with E-state index in [0.717, 1.165) is 15.1 Å². The first-order valence-electron chi connectivity index (χ1n) is 5.30. The van der Waals surface area contributed by atoms with Crippen molar-refractivity contribution in [2.24, 2.45) is 0 Å². The molecular weight excluding hydrogens is 326 g/mol. The molecular formula is C10H14BrNO3S2. The largest absolute Gasteiger partial charge is 0.377 e. The first kappa shape index (κ1) is 13.5. The lowest BCUT2D eigenvalue weighted by atomic mass is 10.2. The third-order valence-electron chi connectivity index (χ3n) is 2.81. The van der Waals surface area contributed by atoms with Crippen molar-refractivity contribution in [3.63, 3.8) is 0 Å². The average molecular weight is 340 g/mol. The second kappa shape index (κ2) is 4.97. The molecule has 0 aliphatic carbocycles. The molecule has 1 aliphatic heterocycles. The SMILES string of the molecule is Cc1sc(Br)cc1S(=O)(=O)NC1CCOC1C. The first-order valence-corrected chi connectivity index (χ1v) is 8.39. The lowest BCUT2D eigenvalue weighted by Gasteiger charge is -2.15. The Morgan fingerprint density at radius 1 is 1.59 bits per heavy atom. The van der Waals surface area contributed by atoms with Gasteiger partial charge in [0, 0.05) is 11.5 Å². The highest BCUT2D eigenvalue weighted by Gasteiger charge is 2.30. The van der Waals surface area contributed by atoms with E-state index < -0.39 is 10.0 Å². The molecule has 4 nitrogen and oxygen atoms in total. The molecule has 7 heteroatoms. The summed E-state index contributed by atoms with van der Waals surface area (Å²) in [5.41, 5.74) is 0. The zero-order chi connectivity index (χ0) is 12.6. The molecule has 1 aromatic heterocycles. The van der Waals surface area contributed by atoms with Crippen molar-refractivity contribution in [3.05, 3.63) is 14.7 Å². The quantitative estimate of drug-likeness (QED) is 0.918. The molecule has 17 heavy (non-hydrogen) atoms. The Morgan fingerprint density at radius 3 is 2.76 bits per heavy atom. The van der Waals surface area contributed by atoms with Gasteiger partial charge in [-0.25, -0.2) is 13.1 Å². The fraction of sp³-hybridized carbons (Fsp3) is 0.600. The third-order valence-corrected chi connectivity index (χ3v) is 6.11. The molecule has 1 aliphatic rings. The summed E-state index contributed by atoms with van der Waals surface area (Å²) < 4.78 is 33.3. The van der Waals surface area contributed by atoms with Crippen molar-refractivity contribution in [1.29, 1.82) is 0 Å². The predicted molar refractivity (Wildman–Crippen MR) is 70.9 cm³/mol. The number of halogens is 1. The van der Waals surface area contributed by atoms with E-state index in [0.29, 0.717) is 11.5 Å². The molecule has 1 fully saturated rings. The van der Waals surface area contributed by atoms with Gasteiger partial charge < -0.3 is 4.74 Å². The Labute approximate surface area is 114 Å². The third kappa shape index (κ3) is 2.90. The summed E-state index contributed by atoms with van der Waals surface area (Å²) in [6, 6.07) is 1.51. The summed E-state index contributed by atoms with van der Waals surface area (Å²) in [6.45, 7) is 4.30. The zero-order valence-electron chi connectivity index (χ0n) is 9.57. The van der Waals surface area contributed by atoms with Crippen molar-refractivity contribution in [2.45, 2.75) is 37.3 Å². The van der Waals surface area contributed by atoms with Gasteiger partial charge in [0.05, 0.1) is 20.8 Å². The molecule has 1 saturated heterocycles. The van der Waals surface area contributed by atoms with Crippen LogP contribution in [0, 0.1) is 6.92 Å². The zero-order valence-corrected chi connectivity index (χ0v) is 12.8. The van der Waals surface area contributed by atoms with E-state index in [9.17, 15) is 8.42 Å². The molecule has 2 unspecified atom stereocenters. The topological polar surface area (TPSA) is 55.4 Å². The van der Waals surface area contributed by atoms with E-state index in [-0.39, 0.29) is 12.1 Å². The fourth-order valence-corrected chi connectivity index (χ4v) is 5.60. The second-order valence-electron chi connectivity index (χ2n) is 4.06. The van der Waals surface area contributed by atoms with Crippen LogP contribution in [0.2, 0.25) is 0 Å². The molecule has 1 N–H and O–H groups in total. The number of sulfonamides is 1. The van der Waals surface area contributed by atoms with Gasteiger partial charge in [-0.15, -0.1) is 11.3 Å². The molecule has 0 saturated carbocycles. The predicted octanol–water partition coefficient (Wildman–Crippen LogP) is 2.27. The normalized spacial score (nSPS) is 25.4. The molecule has 1 aromatic rings. The number of ether oxygens (including phenoxy) is 1. The summed E-state index contributed by atoms with van der Waals surface area (Å²) in [6.07, 6.45) is 0.664. The van der Waals surface area contributed by atoms with Crippen LogP contribution in [0.3, 0.4) is 0 Å². The van der Waals surface area contributed by atoms with Gasteiger partial charge >= 0.3 is 0 Å². The van der Waals surface area contributed by atoms with Gasteiger partial charge in [0.2, 0.25) is 10.0 Å². The number of thiophene rings is 1. The summed E-state index contributed by atoms with van der Waals surface area (Å²) in [7, 11) is -3.44. The monoisotopic (exact) mass is 339 g/mol. The average Bonchev–Trinajstić information content (AvgIpc) is 2.74. The smallest absolute Gasteiger partial charge is 0.242 e. The van der Waals surface area contributed by atoms with Crippen LogP contribution in [0.5, 0.6) is 0 Å². The molecule has 0 aromatic carbocycles. The van der Waals surface area contributed by atoms with E-state index in [2.05, 4.69) is 20.7 Å². The molecule has 2 atom stereocenters. The number of hydrogen-bond acceptors (Lipinski definition) is 4. The molecule has 0 radical (unpaired) electrons. The summed E-state index contributed by atoms with van der Waals surface area (Å²) in [5.74, 6) is 0.